The van der Waals surface area contributed by atoms with Crippen molar-refractivity contribution in [1.82, 2.24) is 10.2 Å². The van der Waals surface area contributed by atoms with Crippen molar-refractivity contribution in [3.05, 3.63) is 0 Å². The van der Waals surface area contributed by atoms with Crippen molar-refractivity contribution in [2.24, 2.45) is 0 Å². The van der Waals surface area contributed by atoms with Crippen molar-refractivity contribution in [2.75, 3.05) is 27.2 Å². The lowest BCUT2D eigenvalue weighted by Gasteiger charge is -2.28. The van der Waals surface area contributed by atoms with Gasteiger partial charge in [0.15, 0.2) is 0 Å². The first kappa shape index (κ1) is 12.9. The number of nitrogens with one attached hydrogen (secondary N) is 1. The van der Waals surface area contributed by atoms with Gasteiger partial charge in [-0.3, -0.25) is 0 Å². The Morgan fingerprint density at radius 3 is 2.67 bits per heavy atom. The number of methoxy groups -OCH3 is 1. The van der Waals surface area contributed by atoms with Crippen LogP contribution in [0.5, 0.6) is 0 Å². The minimum absolute atomic E-state index is 0.0169. The molecule has 15 heavy (non-hydrogen) atoms. The molecule has 1 heterocycles. The topological polar surface area (TPSA) is 24.5 Å². The average Bonchev–Trinajstić information content (AvgIpc) is 2.50. The molecule has 0 saturated carbocycles. The number of ether oxygens (including phenoxy) is 1. The van der Waals surface area contributed by atoms with Crippen molar-refractivity contribution in [3.8, 4) is 0 Å². The van der Waals surface area contributed by atoms with E-state index in [2.05, 4.69) is 38.0 Å². The molecule has 0 radical (unpaired) electrons. The summed E-state index contributed by atoms with van der Waals surface area (Å²) in [7, 11) is 3.97. The molecule has 0 spiro atoms. The summed E-state index contributed by atoms with van der Waals surface area (Å²) in [6, 6.07) is 1.19. The Hall–Kier alpha value is -0.120. The van der Waals surface area contributed by atoms with Crippen LogP contribution in [-0.2, 0) is 4.74 Å². The smallest absolute Gasteiger partial charge is 0.0637 e. The molecule has 0 aromatic rings. The van der Waals surface area contributed by atoms with Gasteiger partial charge in [-0.2, -0.15) is 0 Å². The first-order valence-electron chi connectivity index (χ1n) is 5.93. The monoisotopic (exact) mass is 214 g/mol. The molecular formula is C12H26N2O. The molecule has 0 amide bonds. The van der Waals surface area contributed by atoms with Gasteiger partial charge in [-0.25, -0.2) is 0 Å². The Morgan fingerprint density at radius 2 is 2.20 bits per heavy atom. The molecule has 0 aromatic heterocycles. The molecule has 0 aliphatic carbocycles. The fourth-order valence-corrected chi connectivity index (χ4v) is 2.35. The summed E-state index contributed by atoms with van der Waals surface area (Å²) in [4.78, 5) is 2.38. The summed E-state index contributed by atoms with van der Waals surface area (Å²) in [6.45, 7) is 8.94. The molecule has 90 valence electrons. The van der Waals surface area contributed by atoms with E-state index in [-0.39, 0.29) is 5.60 Å². The van der Waals surface area contributed by atoms with Crippen molar-refractivity contribution >= 4 is 0 Å². The van der Waals surface area contributed by atoms with E-state index in [9.17, 15) is 0 Å². The fraction of sp³-hybridized carbons (Fsp3) is 1.00. The molecule has 2 atom stereocenters. The Morgan fingerprint density at radius 1 is 1.53 bits per heavy atom. The van der Waals surface area contributed by atoms with Gasteiger partial charge in [0, 0.05) is 25.7 Å². The fourth-order valence-electron chi connectivity index (χ4n) is 2.35. The highest BCUT2D eigenvalue weighted by molar-refractivity contribution is 4.83. The zero-order chi connectivity index (χ0) is 11.5. The van der Waals surface area contributed by atoms with Gasteiger partial charge in [0.1, 0.15) is 0 Å². The van der Waals surface area contributed by atoms with Crippen LogP contribution in [0.4, 0.5) is 0 Å². The second-order valence-electron chi connectivity index (χ2n) is 5.48. The Balaban J connectivity index is 2.27. The molecule has 1 N–H and O–H groups in total. The van der Waals surface area contributed by atoms with Crippen LogP contribution in [-0.4, -0.2) is 49.8 Å². The van der Waals surface area contributed by atoms with Gasteiger partial charge in [-0.05, 0) is 47.2 Å². The highest BCUT2D eigenvalue weighted by atomic mass is 16.5. The third-order valence-electron chi connectivity index (χ3n) is 3.26. The number of hydrogen-bond acceptors (Lipinski definition) is 3. The van der Waals surface area contributed by atoms with Crippen LogP contribution >= 0.6 is 0 Å². The maximum atomic E-state index is 5.44. The van der Waals surface area contributed by atoms with Gasteiger partial charge in [-0.15, -0.1) is 0 Å². The summed E-state index contributed by atoms with van der Waals surface area (Å²) in [6.07, 6.45) is 2.33. The molecule has 3 heteroatoms. The van der Waals surface area contributed by atoms with E-state index in [0.29, 0.717) is 12.1 Å². The maximum absolute atomic E-state index is 5.44. The van der Waals surface area contributed by atoms with E-state index >= 15 is 0 Å². The van der Waals surface area contributed by atoms with Crippen molar-refractivity contribution in [2.45, 2.75) is 51.3 Å². The quantitative estimate of drug-likeness (QED) is 0.750. The van der Waals surface area contributed by atoms with Crippen LogP contribution in [0.1, 0.15) is 33.6 Å². The number of likely N-dealkylation sites (tertiary alicyclic amines) is 1. The minimum Gasteiger partial charge on any atom is -0.379 e. The lowest BCUT2D eigenvalue weighted by atomic mass is 9.99. The highest BCUT2D eigenvalue weighted by Gasteiger charge is 2.24. The first-order valence-corrected chi connectivity index (χ1v) is 5.93. The second kappa shape index (κ2) is 5.28. The summed E-state index contributed by atoms with van der Waals surface area (Å²) in [5, 5.41) is 3.68. The number of nitrogens with zero attached hydrogens (tertiary/aromatic N) is 1. The number of hydrogen-bond donors (Lipinski definition) is 1. The summed E-state index contributed by atoms with van der Waals surface area (Å²) >= 11 is 0. The molecule has 1 rings (SSSR count). The predicted octanol–water partition coefficient (Wildman–Crippen LogP) is 1.48. The number of rotatable bonds is 5. The van der Waals surface area contributed by atoms with E-state index in [1.807, 2.05) is 0 Å². The molecule has 3 nitrogen and oxygen atoms in total. The summed E-state index contributed by atoms with van der Waals surface area (Å²) < 4.78 is 5.44. The zero-order valence-corrected chi connectivity index (χ0v) is 10.8. The Labute approximate surface area is 94.2 Å². The second-order valence-corrected chi connectivity index (χ2v) is 5.48. The van der Waals surface area contributed by atoms with Gasteiger partial charge in [0.25, 0.3) is 0 Å². The lowest BCUT2D eigenvalue weighted by molar-refractivity contribution is 0.00779. The standard InChI is InChI=1S/C12H26N2O/c1-10(8-12(2,3)15-5)13-11-6-7-14(4)9-11/h10-11,13H,6-9H2,1-5H3/t10-,11+/m0/s1. The highest BCUT2D eigenvalue weighted by Crippen LogP contribution is 2.16. The third-order valence-corrected chi connectivity index (χ3v) is 3.26. The minimum atomic E-state index is -0.0169. The van der Waals surface area contributed by atoms with Gasteiger partial charge in [0.2, 0.25) is 0 Å². The molecule has 0 bridgehead atoms. The predicted molar refractivity (Wildman–Crippen MR) is 64.2 cm³/mol. The number of likely N-dealkylation sites (N-methyl/N-ethyl adjacent to an activating group) is 1. The molecule has 1 aliphatic heterocycles. The van der Waals surface area contributed by atoms with Crippen molar-refractivity contribution < 1.29 is 4.74 Å². The van der Waals surface area contributed by atoms with Crippen molar-refractivity contribution in [1.29, 1.82) is 0 Å². The van der Waals surface area contributed by atoms with E-state index < -0.39 is 0 Å². The van der Waals surface area contributed by atoms with E-state index in [1.165, 1.54) is 19.5 Å². The van der Waals surface area contributed by atoms with Crippen LogP contribution in [0.3, 0.4) is 0 Å². The average molecular weight is 214 g/mol. The maximum Gasteiger partial charge on any atom is 0.0637 e. The normalized spacial score (nSPS) is 25.8. The molecule has 1 aliphatic rings. The molecule has 1 saturated heterocycles. The lowest BCUT2D eigenvalue weighted by Crippen LogP contribution is -2.42. The third kappa shape index (κ3) is 4.49. The van der Waals surface area contributed by atoms with Gasteiger partial charge in [0.05, 0.1) is 5.60 Å². The van der Waals surface area contributed by atoms with E-state index in [4.69, 9.17) is 4.74 Å². The van der Waals surface area contributed by atoms with E-state index in [0.717, 1.165) is 6.42 Å². The SMILES string of the molecule is COC(C)(C)C[C@H](C)N[C@@H]1CCN(C)C1. The molecule has 0 aromatic carbocycles. The van der Waals surface area contributed by atoms with Gasteiger partial charge >= 0.3 is 0 Å². The Bertz CT molecular complexity index is 194. The Kier molecular flexibility index (Phi) is 4.56. The summed E-state index contributed by atoms with van der Waals surface area (Å²) in [5.41, 5.74) is -0.0169. The van der Waals surface area contributed by atoms with Crippen LogP contribution in [0.15, 0.2) is 0 Å². The largest absolute Gasteiger partial charge is 0.379 e. The summed E-state index contributed by atoms with van der Waals surface area (Å²) in [5.74, 6) is 0. The molecular weight excluding hydrogens is 188 g/mol. The van der Waals surface area contributed by atoms with Gasteiger partial charge < -0.3 is 15.0 Å². The first-order chi connectivity index (χ1) is 6.93. The van der Waals surface area contributed by atoms with Gasteiger partial charge in [-0.1, -0.05) is 0 Å². The zero-order valence-electron chi connectivity index (χ0n) is 10.8. The van der Waals surface area contributed by atoms with Crippen molar-refractivity contribution in [3.63, 3.8) is 0 Å². The molecule has 0 unspecified atom stereocenters. The molecule has 1 fully saturated rings. The van der Waals surface area contributed by atoms with Crippen LogP contribution in [0.25, 0.3) is 0 Å². The van der Waals surface area contributed by atoms with Crippen LogP contribution < -0.4 is 5.32 Å². The van der Waals surface area contributed by atoms with Crippen LogP contribution in [0, 0.1) is 0 Å². The van der Waals surface area contributed by atoms with Crippen LogP contribution in [0.2, 0.25) is 0 Å². The van der Waals surface area contributed by atoms with E-state index in [1.54, 1.807) is 7.11 Å².